The molecule has 0 spiro atoms. The topological polar surface area (TPSA) is 67.2 Å². The molecule has 2 heterocycles. The fourth-order valence-electron chi connectivity index (χ4n) is 3.00. The molecule has 1 fully saturated rings. The fourth-order valence-corrected chi connectivity index (χ4v) is 3.00. The van der Waals surface area contributed by atoms with Gasteiger partial charge in [-0.3, -0.25) is 4.79 Å². The Morgan fingerprint density at radius 2 is 2.14 bits per heavy atom. The monoisotopic (exact) mass is 293 g/mol. The van der Waals surface area contributed by atoms with Crippen molar-refractivity contribution in [2.45, 2.75) is 58.9 Å². The summed E-state index contributed by atoms with van der Waals surface area (Å²) >= 11 is 0. The lowest BCUT2D eigenvalue weighted by atomic mass is 9.93. The van der Waals surface area contributed by atoms with Crippen LogP contribution in [0.5, 0.6) is 0 Å². The minimum absolute atomic E-state index is 0.113. The summed E-state index contributed by atoms with van der Waals surface area (Å²) in [6.07, 6.45) is 4.81. The summed E-state index contributed by atoms with van der Waals surface area (Å²) in [7, 11) is 0. The van der Waals surface area contributed by atoms with Gasteiger partial charge in [0.15, 0.2) is 0 Å². The minimum Gasteiger partial charge on any atom is -0.361 e. The molecule has 1 atom stereocenters. The predicted octanol–water partition coefficient (Wildman–Crippen LogP) is 2.12. The summed E-state index contributed by atoms with van der Waals surface area (Å²) in [5.74, 6) is 1.71. The molecule has 1 saturated heterocycles. The van der Waals surface area contributed by atoms with Crippen LogP contribution in [0.25, 0.3) is 0 Å². The molecular formula is C16H27N3O2. The first-order valence-electron chi connectivity index (χ1n) is 7.98. The van der Waals surface area contributed by atoms with E-state index < -0.39 is 0 Å². The van der Waals surface area contributed by atoms with Gasteiger partial charge in [0.25, 0.3) is 0 Å². The van der Waals surface area contributed by atoms with E-state index in [4.69, 9.17) is 4.52 Å². The number of carbonyl (C=O) groups excluding carboxylic acids is 1. The van der Waals surface area contributed by atoms with Gasteiger partial charge in [-0.2, -0.15) is 0 Å². The van der Waals surface area contributed by atoms with Crippen molar-refractivity contribution in [3.05, 3.63) is 17.0 Å². The van der Waals surface area contributed by atoms with Gasteiger partial charge in [0, 0.05) is 18.0 Å². The molecule has 0 aliphatic carbocycles. The third-order valence-electron chi connectivity index (χ3n) is 4.34. The molecule has 118 valence electrons. The van der Waals surface area contributed by atoms with Crippen molar-refractivity contribution in [1.82, 2.24) is 15.8 Å². The highest BCUT2D eigenvalue weighted by Gasteiger charge is 2.17. The van der Waals surface area contributed by atoms with Crippen LogP contribution in [0.4, 0.5) is 0 Å². The molecule has 5 heteroatoms. The first-order valence-corrected chi connectivity index (χ1v) is 7.98. The zero-order valence-electron chi connectivity index (χ0n) is 13.4. The molecule has 2 rings (SSSR count). The van der Waals surface area contributed by atoms with Crippen LogP contribution in [0, 0.1) is 19.8 Å². The van der Waals surface area contributed by atoms with Crippen molar-refractivity contribution in [2.75, 3.05) is 13.1 Å². The van der Waals surface area contributed by atoms with Gasteiger partial charge in [-0.05, 0) is 65.5 Å². The van der Waals surface area contributed by atoms with Gasteiger partial charge in [0.1, 0.15) is 5.76 Å². The molecule has 21 heavy (non-hydrogen) atoms. The molecule has 1 amide bonds. The molecule has 0 radical (unpaired) electrons. The SMILES string of the molecule is Cc1noc(C)c1CC(C)NC(=O)CCC1CCNCC1. The standard InChI is InChI=1S/C16H27N3O2/c1-11(10-15-12(2)19-21-13(15)3)18-16(20)5-4-14-6-8-17-9-7-14/h11,14,17H,4-10H2,1-3H3,(H,18,20). The average molecular weight is 293 g/mol. The van der Waals surface area contributed by atoms with Crippen LogP contribution in [-0.2, 0) is 11.2 Å². The molecule has 0 aromatic carbocycles. The zero-order valence-corrected chi connectivity index (χ0v) is 13.4. The van der Waals surface area contributed by atoms with Crippen LogP contribution in [0.1, 0.15) is 49.6 Å². The minimum atomic E-state index is 0.113. The van der Waals surface area contributed by atoms with Crippen molar-refractivity contribution in [3.63, 3.8) is 0 Å². The van der Waals surface area contributed by atoms with Gasteiger partial charge >= 0.3 is 0 Å². The first kappa shape index (κ1) is 16.0. The number of hydrogen-bond acceptors (Lipinski definition) is 4. The van der Waals surface area contributed by atoms with E-state index in [1.165, 1.54) is 12.8 Å². The third-order valence-corrected chi connectivity index (χ3v) is 4.34. The second-order valence-corrected chi connectivity index (χ2v) is 6.21. The highest BCUT2D eigenvalue weighted by Crippen LogP contribution is 2.18. The number of carbonyl (C=O) groups is 1. The Bertz CT molecular complexity index is 445. The van der Waals surface area contributed by atoms with Crippen molar-refractivity contribution < 1.29 is 9.32 Å². The van der Waals surface area contributed by atoms with E-state index in [-0.39, 0.29) is 11.9 Å². The highest BCUT2D eigenvalue weighted by molar-refractivity contribution is 5.76. The van der Waals surface area contributed by atoms with Gasteiger partial charge in [-0.1, -0.05) is 5.16 Å². The summed E-state index contributed by atoms with van der Waals surface area (Å²) in [5.41, 5.74) is 2.03. The number of hydrogen-bond donors (Lipinski definition) is 2. The Morgan fingerprint density at radius 3 is 2.76 bits per heavy atom. The Morgan fingerprint density at radius 1 is 1.43 bits per heavy atom. The van der Waals surface area contributed by atoms with Crippen LogP contribution in [0.15, 0.2) is 4.52 Å². The van der Waals surface area contributed by atoms with Crippen LogP contribution < -0.4 is 10.6 Å². The van der Waals surface area contributed by atoms with Gasteiger partial charge in [-0.25, -0.2) is 0 Å². The Hall–Kier alpha value is -1.36. The number of amides is 1. The van der Waals surface area contributed by atoms with Crippen molar-refractivity contribution in [1.29, 1.82) is 0 Å². The molecule has 1 aliphatic heterocycles. The summed E-state index contributed by atoms with van der Waals surface area (Å²) in [4.78, 5) is 12.0. The number of nitrogens with zero attached hydrogens (tertiary/aromatic N) is 1. The van der Waals surface area contributed by atoms with E-state index in [0.29, 0.717) is 12.3 Å². The van der Waals surface area contributed by atoms with Crippen LogP contribution >= 0.6 is 0 Å². The normalized spacial score (nSPS) is 17.7. The molecule has 2 N–H and O–H groups in total. The van der Waals surface area contributed by atoms with Crippen molar-refractivity contribution in [3.8, 4) is 0 Å². The number of nitrogens with one attached hydrogen (secondary N) is 2. The van der Waals surface area contributed by atoms with Crippen molar-refractivity contribution in [2.24, 2.45) is 5.92 Å². The van der Waals surface area contributed by atoms with Gasteiger partial charge in [0.05, 0.1) is 5.69 Å². The smallest absolute Gasteiger partial charge is 0.220 e. The van der Waals surface area contributed by atoms with E-state index >= 15 is 0 Å². The molecule has 5 nitrogen and oxygen atoms in total. The second-order valence-electron chi connectivity index (χ2n) is 6.21. The van der Waals surface area contributed by atoms with E-state index in [2.05, 4.69) is 15.8 Å². The van der Waals surface area contributed by atoms with Crippen molar-refractivity contribution >= 4 is 5.91 Å². The number of aromatic nitrogens is 1. The van der Waals surface area contributed by atoms with E-state index in [1.807, 2.05) is 20.8 Å². The molecule has 1 unspecified atom stereocenters. The van der Waals surface area contributed by atoms with Gasteiger partial charge in [-0.15, -0.1) is 0 Å². The van der Waals surface area contributed by atoms with E-state index in [1.54, 1.807) is 0 Å². The molecular weight excluding hydrogens is 266 g/mol. The maximum Gasteiger partial charge on any atom is 0.220 e. The predicted molar refractivity (Wildman–Crippen MR) is 82.1 cm³/mol. The fraction of sp³-hybridized carbons (Fsp3) is 0.750. The lowest BCUT2D eigenvalue weighted by Crippen LogP contribution is -2.35. The van der Waals surface area contributed by atoms with Gasteiger partial charge in [0.2, 0.25) is 5.91 Å². The van der Waals surface area contributed by atoms with Crippen LogP contribution in [-0.4, -0.2) is 30.2 Å². The molecule has 0 saturated carbocycles. The Balaban J connectivity index is 1.71. The maximum atomic E-state index is 12.0. The first-order chi connectivity index (χ1) is 10.1. The Labute approximate surface area is 126 Å². The van der Waals surface area contributed by atoms with Crippen LogP contribution in [0.3, 0.4) is 0 Å². The zero-order chi connectivity index (χ0) is 15.2. The van der Waals surface area contributed by atoms with Crippen LogP contribution in [0.2, 0.25) is 0 Å². The lowest BCUT2D eigenvalue weighted by molar-refractivity contribution is -0.122. The largest absolute Gasteiger partial charge is 0.361 e. The summed E-state index contributed by atoms with van der Waals surface area (Å²) in [6.45, 7) is 8.08. The number of rotatable bonds is 6. The molecule has 1 aromatic heterocycles. The maximum absolute atomic E-state index is 12.0. The Kier molecular flexibility index (Phi) is 5.79. The summed E-state index contributed by atoms with van der Waals surface area (Å²) in [6, 6.07) is 0.113. The quantitative estimate of drug-likeness (QED) is 0.843. The molecule has 1 aromatic rings. The van der Waals surface area contributed by atoms with E-state index in [0.717, 1.165) is 42.9 Å². The third kappa shape index (κ3) is 4.84. The van der Waals surface area contributed by atoms with Gasteiger partial charge < -0.3 is 15.2 Å². The number of piperidine rings is 1. The molecule has 1 aliphatic rings. The summed E-state index contributed by atoms with van der Waals surface area (Å²) in [5, 5.41) is 10.4. The van der Waals surface area contributed by atoms with E-state index in [9.17, 15) is 4.79 Å². The average Bonchev–Trinajstić information content (AvgIpc) is 2.78. The number of aryl methyl sites for hydroxylation is 2. The highest BCUT2D eigenvalue weighted by atomic mass is 16.5. The molecule has 0 bridgehead atoms. The lowest BCUT2D eigenvalue weighted by Gasteiger charge is -2.22. The summed E-state index contributed by atoms with van der Waals surface area (Å²) < 4.78 is 5.16. The second kappa shape index (κ2) is 7.59.